The Kier molecular flexibility index (Phi) is 8.40. The number of halogens is 1. The predicted molar refractivity (Wildman–Crippen MR) is 150 cm³/mol. The SMILES string of the molecule is COc1ccccc1NC(=O)COc1c(Cl)cc(/C=C2/C(=O)NC(=O)N(c3ccc(C)c(C)c3)C2=O)cc1OC. The molecule has 40 heavy (non-hydrogen) atoms. The summed E-state index contributed by atoms with van der Waals surface area (Å²) in [5.74, 6) is -1.36. The van der Waals surface area contributed by atoms with Crippen molar-refractivity contribution in [3.8, 4) is 17.2 Å². The number of nitrogens with one attached hydrogen (secondary N) is 2. The number of amides is 5. The molecule has 0 radical (unpaired) electrons. The summed E-state index contributed by atoms with van der Waals surface area (Å²) in [5, 5.41) is 4.96. The maximum absolute atomic E-state index is 13.3. The summed E-state index contributed by atoms with van der Waals surface area (Å²) in [4.78, 5) is 51.8. The van der Waals surface area contributed by atoms with Gasteiger partial charge in [0, 0.05) is 0 Å². The molecule has 0 saturated carbocycles. The quantitative estimate of drug-likeness (QED) is 0.302. The summed E-state index contributed by atoms with van der Waals surface area (Å²) in [6.07, 6.45) is 1.30. The van der Waals surface area contributed by atoms with Gasteiger partial charge < -0.3 is 19.5 Å². The minimum atomic E-state index is -0.849. The molecule has 0 bridgehead atoms. The van der Waals surface area contributed by atoms with Crippen LogP contribution in [0.15, 0.2) is 60.2 Å². The van der Waals surface area contributed by atoms with Crippen molar-refractivity contribution in [1.29, 1.82) is 0 Å². The molecule has 1 aliphatic heterocycles. The van der Waals surface area contributed by atoms with Crippen LogP contribution in [0.1, 0.15) is 16.7 Å². The van der Waals surface area contributed by atoms with Crippen molar-refractivity contribution in [3.63, 3.8) is 0 Å². The Morgan fingerprint density at radius 3 is 2.40 bits per heavy atom. The van der Waals surface area contributed by atoms with Crippen LogP contribution in [-0.2, 0) is 14.4 Å². The van der Waals surface area contributed by atoms with E-state index in [1.165, 1.54) is 32.4 Å². The van der Waals surface area contributed by atoms with Crippen LogP contribution in [0.5, 0.6) is 17.2 Å². The van der Waals surface area contributed by atoms with E-state index in [0.29, 0.717) is 22.7 Å². The number of urea groups is 1. The van der Waals surface area contributed by atoms with E-state index in [0.717, 1.165) is 16.0 Å². The van der Waals surface area contributed by atoms with Gasteiger partial charge in [-0.3, -0.25) is 19.7 Å². The van der Waals surface area contributed by atoms with Gasteiger partial charge >= 0.3 is 6.03 Å². The highest BCUT2D eigenvalue weighted by atomic mass is 35.5. The van der Waals surface area contributed by atoms with Crippen molar-refractivity contribution in [2.45, 2.75) is 13.8 Å². The van der Waals surface area contributed by atoms with E-state index in [2.05, 4.69) is 10.6 Å². The lowest BCUT2D eigenvalue weighted by Crippen LogP contribution is -2.54. The standard InChI is InChI=1S/C29H26ClN3O7/c1-16-9-10-19(11-17(16)2)33-28(36)20(27(35)32-29(33)37)12-18-13-21(30)26(24(14-18)39-4)40-15-25(34)31-22-7-5-6-8-23(22)38-3/h5-14H,15H2,1-4H3,(H,31,34)(H,32,35,37)/b20-12-. The third kappa shape index (κ3) is 5.92. The van der Waals surface area contributed by atoms with Crippen LogP contribution in [0.3, 0.4) is 0 Å². The lowest BCUT2D eigenvalue weighted by molar-refractivity contribution is -0.122. The third-order valence-electron chi connectivity index (χ3n) is 6.14. The first kappa shape index (κ1) is 28.2. The topological polar surface area (TPSA) is 123 Å². The van der Waals surface area contributed by atoms with E-state index in [-0.39, 0.29) is 28.7 Å². The summed E-state index contributed by atoms with van der Waals surface area (Å²) in [6.45, 7) is 3.37. The fraction of sp³-hybridized carbons (Fsp3) is 0.172. The summed E-state index contributed by atoms with van der Waals surface area (Å²) in [7, 11) is 2.87. The molecule has 3 aromatic carbocycles. The number of hydrogen-bond acceptors (Lipinski definition) is 7. The molecule has 0 spiro atoms. The maximum Gasteiger partial charge on any atom is 0.335 e. The van der Waals surface area contributed by atoms with Crippen LogP contribution in [-0.4, -0.2) is 44.6 Å². The van der Waals surface area contributed by atoms with E-state index >= 15 is 0 Å². The van der Waals surface area contributed by atoms with Crippen molar-refractivity contribution >= 4 is 52.8 Å². The van der Waals surface area contributed by atoms with Crippen LogP contribution in [0.2, 0.25) is 5.02 Å². The highest BCUT2D eigenvalue weighted by molar-refractivity contribution is 6.39. The van der Waals surface area contributed by atoms with Crippen LogP contribution in [0, 0.1) is 13.8 Å². The first-order valence-corrected chi connectivity index (χ1v) is 12.4. The molecule has 1 heterocycles. The first-order chi connectivity index (χ1) is 19.1. The summed E-state index contributed by atoms with van der Waals surface area (Å²) in [5.41, 5.74) is 2.73. The van der Waals surface area contributed by atoms with Crippen molar-refractivity contribution < 1.29 is 33.4 Å². The Hall–Kier alpha value is -4.83. The molecule has 1 fully saturated rings. The molecule has 10 nitrogen and oxygen atoms in total. The van der Waals surface area contributed by atoms with Crippen molar-refractivity contribution in [2.24, 2.45) is 0 Å². The van der Waals surface area contributed by atoms with Gasteiger partial charge in [-0.1, -0.05) is 29.8 Å². The lowest BCUT2D eigenvalue weighted by Gasteiger charge is -2.27. The van der Waals surface area contributed by atoms with Gasteiger partial charge in [0.1, 0.15) is 11.3 Å². The Bertz CT molecular complexity index is 1550. The van der Waals surface area contributed by atoms with Crippen molar-refractivity contribution in [2.75, 3.05) is 31.0 Å². The monoisotopic (exact) mass is 563 g/mol. The molecule has 3 aromatic rings. The summed E-state index contributed by atoms with van der Waals surface area (Å²) < 4.78 is 16.2. The Morgan fingerprint density at radius 1 is 0.975 bits per heavy atom. The number of anilines is 2. The molecular weight excluding hydrogens is 538 g/mol. The number of imide groups is 2. The predicted octanol–water partition coefficient (Wildman–Crippen LogP) is 4.66. The van der Waals surface area contributed by atoms with Gasteiger partial charge in [0.15, 0.2) is 18.1 Å². The second-order valence-electron chi connectivity index (χ2n) is 8.80. The molecule has 11 heteroatoms. The number of hydrogen-bond donors (Lipinski definition) is 2. The number of carbonyl (C=O) groups excluding carboxylic acids is 4. The van der Waals surface area contributed by atoms with Gasteiger partial charge in [0.2, 0.25) is 0 Å². The van der Waals surface area contributed by atoms with Crippen molar-refractivity contribution in [1.82, 2.24) is 5.32 Å². The highest BCUT2D eigenvalue weighted by Crippen LogP contribution is 2.37. The average molecular weight is 564 g/mol. The number of para-hydroxylation sites is 2. The van der Waals surface area contributed by atoms with Crippen molar-refractivity contribution in [3.05, 3.63) is 81.9 Å². The number of ether oxygens (including phenoxy) is 3. The summed E-state index contributed by atoms with van der Waals surface area (Å²) in [6, 6.07) is 14.1. The number of methoxy groups -OCH3 is 2. The van der Waals surface area contributed by atoms with E-state index in [4.69, 9.17) is 25.8 Å². The van der Waals surface area contributed by atoms with Crippen LogP contribution in [0.25, 0.3) is 6.08 Å². The van der Waals surface area contributed by atoms with Gasteiger partial charge in [0.25, 0.3) is 17.7 Å². The zero-order valence-corrected chi connectivity index (χ0v) is 22.9. The smallest absolute Gasteiger partial charge is 0.335 e. The lowest BCUT2D eigenvalue weighted by atomic mass is 10.0. The minimum absolute atomic E-state index is 0.0713. The van der Waals surface area contributed by atoms with Gasteiger partial charge in [0.05, 0.1) is 30.6 Å². The van der Waals surface area contributed by atoms with Crippen LogP contribution in [0.4, 0.5) is 16.2 Å². The van der Waals surface area contributed by atoms with Crippen LogP contribution >= 0.6 is 11.6 Å². The molecule has 0 unspecified atom stereocenters. The molecule has 5 amide bonds. The van der Waals surface area contributed by atoms with E-state index in [1.807, 2.05) is 13.8 Å². The van der Waals surface area contributed by atoms with Gasteiger partial charge in [-0.2, -0.15) is 0 Å². The Balaban J connectivity index is 1.56. The molecule has 206 valence electrons. The summed E-state index contributed by atoms with van der Waals surface area (Å²) >= 11 is 6.44. The molecule has 0 atom stereocenters. The molecule has 0 aliphatic carbocycles. The fourth-order valence-corrected chi connectivity index (χ4v) is 4.23. The molecule has 1 saturated heterocycles. The number of rotatable bonds is 8. The second-order valence-corrected chi connectivity index (χ2v) is 9.20. The molecule has 4 rings (SSSR count). The number of benzene rings is 3. The molecule has 2 N–H and O–H groups in total. The molecule has 1 aliphatic rings. The Labute approximate surface area is 235 Å². The zero-order chi connectivity index (χ0) is 29.0. The van der Waals surface area contributed by atoms with E-state index in [1.54, 1.807) is 42.5 Å². The average Bonchev–Trinajstić information content (AvgIpc) is 2.92. The number of nitrogens with zero attached hydrogens (tertiary/aromatic N) is 1. The molecular formula is C29H26ClN3O7. The van der Waals surface area contributed by atoms with Gasteiger partial charge in [-0.05, 0) is 73.0 Å². The third-order valence-corrected chi connectivity index (χ3v) is 6.42. The largest absolute Gasteiger partial charge is 0.495 e. The number of aryl methyl sites for hydroxylation is 2. The highest BCUT2D eigenvalue weighted by Gasteiger charge is 2.37. The number of barbiturate groups is 1. The first-order valence-electron chi connectivity index (χ1n) is 12.0. The van der Waals surface area contributed by atoms with E-state index in [9.17, 15) is 19.2 Å². The van der Waals surface area contributed by atoms with Gasteiger partial charge in [-0.25, -0.2) is 9.69 Å². The fourth-order valence-electron chi connectivity index (χ4n) is 3.96. The van der Waals surface area contributed by atoms with Crippen LogP contribution < -0.4 is 29.7 Å². The minimum Gasteiger partial charge on any atom is -0.495 e. The maximum atomic E-state index is 13.3. The normalized spacial score (nSPS) is 14.2. The zero-order valence-electron chi connectivity index (χ0n) is 22.2. The Morgan fingerprint density at radius 2 is 1.70 bits per heavy atom. The van der Waals surface area contributed by atoms with Gasteiger partial charge in [-0.15, -0.1) is 0 Å². The molecule has 0 aromatic heterocycles. The van der Waals surface area contributed by atoms with E-state index < -0.39 is 23.8 Å². The number of carbonyl (C=O) groups is 4. The second kappa shape index (κ2) is 11.9.